The summed E-state index contributed by atoms with van der Waals surface area (Å²) in [7, 11) is 0. The molecular weight excluding hydrogens is 576 g/mol. The predicted molar refractivity (Wildman–Crippen MR) is 161 cm³/mol. The Morgan fingerprint density at radius 1 is 0.864 bits per heavy atom. The highest BCUT2D eigenvalue weighted by molar-refractivity contribution is 5.87. The van der Waals surface area contributed by atoms with E-state index in [1.54, 1.807) is 6.20 Å². The number of aromatic amines is 1. The van der Waals surface area contributed by atoms with Crippen LogP contribution in [-0.2, 0) is 49.3 Å². The lowest BCUT2D eigenvalue weighted by molar-refractivity contribution is -0.127. The van der Waals surface area contributed by atoms with Crippen LogP contribution in [0.15, 0.2) is 12.5 Å². The maximum atomic E-state index is 12.3. The quantitative estimate of drug-likeness (QED) is 0.0694. The Labute approximate surface area is 259 Å². The lowest BCUT2D eigenvalue weighted by Crippen LogP contribution is -2.44. The second-order valence-electron chi connectivity index (χ2n) is 10.2. The highest BCUT2D eigenvalue weighted by atomic mass is 16.5. The fourth-order valence-electron chi connectivity index (χ4n) is 3.84. The zero-order valence-corrected chi connectivity index (χ0v) is 26.0. The van der Waals surface area contributed by atoms with Crippen molar-refractivity contribution in [1.29, 1.82) is 0 Å². The molecular formula is C29H50N6O9. The minimum absolute atomic E-state index is 0.00514. The summed E-state index contributed by atoms with van der Waals surface area (Å²) >= 11 is 0. The van der Waals surface area contributed by atoms with Crippen molar-refractivity contribution in [2.24, 2.45) is 5.73 Å². The molecule has 0 aliphatic carbocycles. The summed E-state index contributed by atoms with van der Waals surface area (Å²) in [5.74, 6) is -0.621. The average molecular weight is 627 g/mol. The third-order valence-corrected chi connectivity index (χ3v) is 6.27. The van der Waals surface area contributed by atoms with Gasteiger partial charge in [-0.15, -0.1) is 0 Å². The van der Waals surface area contributed by atoms with Crippen molar-refractivity contribution < 1.29 is 42.9 Å². The van der Waals surface area contributed by atoms with Crippen molar-refractivity contribution >= 4 is 29.2 Å². The molecule has 0 spiro atoms. The number of nitrogens with zero attached hydrogens (tertiary/aromatic N) is 1. The fraction of sp³-hybridized carbons (Fsp3) is 0.724. The molecule has 44 heavy (non-hydrogen) atoms. The van der Waals surface area contributed by atoms with Gasteiger partial charge < -0.3 is 45.6 Å². The Balaban J connectivity index is 1.95. The van der Waals surface area contributed by atoms with Gasteiger partial charge in [0, 0.05) is 51.4 Å². The van der Waals surface area contributed by atoms with E-state index in [9.17, 15) is 24.0 Å². The van der Waals surface area contributed by atoms with Crippen molar-refractivity contribution in [3.05, 3.63) is 18.2 Å². The van der Waals surface area contributed by atoms with Gasteiger partial charge in [-0.2, -0.15) is 0 Å². The molecule has 0 saturated heterocycles. The molecule has 2 atom stereocenters. The molecule has 0 aliphatic heterocycles. The maximum Gasteiger partial charge on any atom is 0.245 e. The van der Waals surface area contributed by atoms with Gasteiger partial charge in [-0.25, -0.2) is 4.98 Å². The van der Waals surface area contributed by atoms with Gasteiger partial charge in [0.05, 0.1) is 58.0 Å². The number of aromatic nitrogens is 2. The van der Waals surface area contributed by atoms with E-state index >= 15 is 0 Å². The highest BCUT2D eigenvalue weighted by Gasteiger charge is 2.19. The number of nitrogens with two attached hydrogens (primary N) is 1. The first-order valence-corrected chi connectivity index (χ1v) is 15.0. The van der Waals surface area contributed by atoms with Gasteiger partial charge >= 0.3 is 0 Å². The smallest absolute Gasteiger partial charge is 0.245 e. The topological polar surface area (TPSA) is 213 Å². The van der Waals surface area contributed by atoms with Gasteiger partial charge in [-0.3, -0.25) is 24.0 Å². The summed E-state index contributed by atoms with van der Waals surface area (Å²) in [6.07, 6.45) is 6.29. The lowest BCUT2D eigenvalue weighted by Gasteiger charge is -2.17. The van der Waals surface area contributed by atoms with Crippen LogP contribution in [0.4, 0.5) is 0 Å². The third kappa shape index (κ3) is 21.6. The summed E-state index contributed by atoms with van der Waals surface area (Å²) in [6.45, 7) is 5.74. The Morgan fingerprint density at radius 3 is 2.25 bits per heavy atom. The number of carbonyl (C=O) groups excluding carboxylic acids is 5. The van der Waals surface area contributed by atoms with Crippen LogP contribution in [0, 0.1) is 0 Å². The van der Waals surface area contributed by atoms with Crippen LogP contribution in [0.25, 0.3) is 0 Å². The number of nitrogens with one attached hydrogen (secondary N) is 4. The molecule has 0 fully saturated rings. The van der Waals surface area contributed by atoms with Crippen LogP contribution < -0.4 is 21.7 Å². The zero-order chi connectivity index (χ0) is 32.4. The minimum Gasteiger partial charge on any atom is -0.379 e. The fourth-order valence-corrected chi connectivity index (χ4v) is 3.84. The molecule has 250 valence electrons. The van der Waals surface area contributed by atoms with Crippen molar-refractivity contribution in [3.63, 3.8) is 0 Å². The molecule has 1 rings (SSSR count). The van der Waals surface area contributed by atoms with E-state index in [4.69, 9.17) is 24.7 Å². The van der Waals surface area contributed by atoms with Crippen molar-refractivity contribution in [3.8, 4) is 0 Å². The predicted octanol–water partition coefficient (Wildman–Crippen LogP) is -0.766. The van der Waals surface area contributed by atoms with E-state index in [1.165, 1.54) is 20.2 Å². The van der Waals surface area contributed by atoms with Crippen LogP contribution in [0.5, 0.6) is 0 Å². The van der Waals surface area contributed by atoms with Crippen LogP contribution in [-0.4, -0.2) is 124 Å². The van der Waals surface area contributed by atoms with Crippen LogP contribution in [0.2, 0.25) is 0 Å². The highest BCUT2D eigenvalue weighted by Crippen LogP contribution is 2.03. The summed E-state index contributed by atoms with van der Waals surface area (Å²) in [4.78, 5) is 65.5. The Bertz CT molecular complexity index is 961. The van der Waals surface area contributed by atoms with Crippen molar-refractivity contribution in [2.45, 2.75) is 64.5 Å². The largest absolute Gasteiger partial charge is 0.379 e. The summed E-state index contributed by atoms with van der Waals surface area (Å²) < 4.78 is 21.3. The van der Waals surface area contributed by atoms with Crippen LogP contribution >= 0.6 is 0 Å². The number of hydrogen-bond acceptors (Lipinski definition) is 12. The van der Waals surface area contributed by atoms with E-state index in [2.05, 4.69) is 25.9 Å². The number of rotatable bonds is 29. The molecule has 0 radical (unpaired) electrons. The summed E-state index contributed by atoms with van der Waals surface area (Å²) in [5, 5.41) is 8.38. The Kier molecular flexibility index (Phi) is 22.4. The van der Waals surface area contributed by atoms with E-state index < -0.39 is 12.1 Å². The number of carbonyl (C=O) groups is 5. The van der Waals surface area contributed by atoms with Crippen molar-refractivity contribution in [1.82, 2.24) is 25.9 Å². The lowest BCUT2D eigenvalue weighted by atomic mass is 10.0. The molecule has 15 heteroatoms. The molecule has 6 N–H and O–H groups in total. The molecule has 1 aromatic rings. The van der Waals surface area contributed by atoms with Gasteiger partial charge in [0.1, 0.15) is 19.0 Å². The molecule has 0 unspecified atom stereocenters. The first-order valence-electron chi connectivity index (χ1n) is 15.0. The van der Waals surface area contributed by atoms with E-state index in [0.29, 0.717) is 84.6 Å². The minimum atomic E-state index is -0.687. The molecule has 0 saturated carbocycles. The standard InChI is InChI=1S/C29H50N6O9/c1-22(36)27(34-18-28(39)26(30)16-24-17-31-21-35-24)7-3-4-8-33-29(40)20-44-15-12-41-10-5-6-25(38)19-43-14-13-42-11-9-32-23(2)37/h17,21,26-27,34H,3-16,18-20,30H2,1-2H3,(H,31,35)(H,32,37)(H,33,40)/t26-,27-/m0/s1. The Morgan fingerprint density at radius 2 is 1.57 bits per heavy atom. The number of amides is 2. The Hall–Kier alpha value is -3.08. The molecule has 1 heterocycles. The molecule has 1 aromatic heterocycles. The summed E-state index contributed by atoms with van der Waals surface area (Å²) in [5.41, 5.74) is 6.72. The normalized spacial score (nSPS) is 12.4. The van der Waals surface area contributed by atoms with Gasteiger partial charge in [0.2, 0.25) is 11.8 Å². The molecule has 0 aromatic carbocycles. The SMILES string of the molecule is CC(=O)NCCOCCOCC(=O)CCCOCCOCC(=O)NCCCC[C@H](NCC(=O)[C@@H](N)Cc1cnc[nH]1)C(C)=O. The van der Waals surface area contributed by atoms with E-state index in [1.807, 2.05) is 0 Å². The number of unbranched alkanes of at least 4 members (excludes halogenated alkanes) is 1. The zero-order valence-electron chi connectivity index (χ0n) is 26.0. The number of hydrogen-bond donors (Lipinski definition) is 5. The van der Waals surface area contributed by atoms with Gasteiger partial charge in [0.15, 0.2) is 11.6 Å². The second kappa shape index (κ2) is 25.3. The van der Waals surface area contributed by atoms with Gasteiger partial charge in [-0.1, -0.05) is 0 Å². The van der Waals surface area contributed by atoms with Crippen molar-refractivity contribution in [2.75, 3.05) is 72.5 Å². The van der Waals surface area contributed by atoms with Crippen LogP contribution in [0.1, 0.15) is 51.6 Å². The van der Waals surface area contributed by atoms with E-state index in [0.717, 1.165) is 5.69 Å². The number of H-pyrrole nitrogens is 1. The summed E-state index contributed by atoms with van der Waals surface area (Å²) in [6, 6.07) is -1.14. The maximum absolute atomic E-state index is 12.3. The molecule has 0 bridgehead atoms. The second-order valence-corrected chi connectivity index (χ2v) is 10.2. The molecule has 15 nitrogen and oxygen atoms in total. The van der Waals surface area contributed by atoms with Crippen LogP contribution in [0.3, 0.4) is 0 Å². The number of ether oxygens (including phenoxy) is 4. The first-order chi connectivity index (χ1) is 21.2. The number of ketones is 3. The first kappa shape index (κ1) is 38.9. The third-order valence-electron chi connectivity index (χ3n) is 6.27. The number of Topliss-reactive ketones (excluding diaryl/α,β-unsaturated/α-hetero) is 3. The molecule has 0 aliphatic rings. The monoisotopic (exact) mass is 626 g/mol. The van der Waals surface area contributed by atoms with Gasteiger partial charge in [0.25, 0.3) is 0 Å². The van der Waals surface area contributed by atoms with Gasteiger partial charge in [-0.05, 0) is 32.6 Å². The number of imidazole rings is 1. The van der Waals surface area contributed by atoms with E-state index in [-0.39, 0.29) is 55.5 Å². The average Bonchev–Trinajstić information content (AvgIpc) is 3.49. The molecule has 2 amide bonds.